The highest BCUT2D eigenvalue weighted by Gasteiger charge is 2.37. The molecule has 0 spiro atoms. The van der Waals surface area contributed by atoms with Crippen LogP contribution in [0.25, 0.3) is 0 Å². The second-order valence-electron chi connectivity index (χ2n) is 7.82. The number of likely N-dealkylation sites (tertiary alicyclic amines) is 1. The molecule has 1 fully saturated rings. The molecule has 1 aromatic rings. The van der Waals surface area contributed by atoms with Crippen LogP contribution in [0.4, 0.5) is 4.79 Å². The Bertz CT molecular complexity index is 737. The monoisotopic (exact) mass is 391 g/mol. The molecule has 1 aromatic heterocycles. The van der Waals surface area contributed by atoms with Crippen molar-refractivity contribution in [2.45, 2.75) is 64.3 Å². The third kappa shape index (κ3) is 5.58. The first-order chi connectivity index (χ1) is 13.1. The molecule has 28 heavy (non-hydrogen) atoms. The zero-order chi connectivity index (χ0) is 20.9. The predicted molar refractivity (Wildman–Crippen MR) is 103 cm³/mol. The summed E-state index contributed by atoms with van der Waals surface area (Å²) in [5.41, 5.74) is 5.49. The highest BCUT2D eigenvalue weighted by atomic mass is 16.6. The number of nitrogens with two attached hydrogens (primary N) is 1. The molecule has 0 saturated carbocycles. The molecule has 3 N–H and O–H groups in total. The van der Waals surface area contributed by atoms with Gasteiger partial charge in [-0.2, -0.15) is 0 Å². The van der Waals surface area contributed by atoms with E-state index in [1.54, 1.807) is 39.4 Å². The lowest BCUT2D eigenvalue weighted by Gasteiger charge is -2.29. The van der Waals surface area contributed by atoms with Gasteiger partial charge in [-0.1, -0.05) is 6.08 Å². The van der Waals surface area contributed by atoms with Gasteiger partial charge in [0.1, 0.15) is 17.7 Å². The number of hydrogen-bond donors (Lipinski definition) is 2. The highest BCUT2D eigenvalue weighted by molar-refractivity contribution is 5.91. The van der Waals surface area contributed by atoms with Crippen LogP contribution in [0.15, 0.2) is 25.2 Å². The van der Waals surface area contributed by atoms with Crippen molar-refractivity contribution in [3.8, 4) is 0 Å². The lowest BCUT2D eigenvalue weighted by Crippen LogP contribution is -2.54. The van der Waals surface area contributed by atoms with Crippen molar-refractivity contribution < 1.29 is 19.1 Å². The number of carbonyl (C=O) groups is 3. The van der Waals surface area contributed by atoms with Crippen molar-refractivity contribution in [3.05, 3.63) is 30.9 Å². The molecule has 154 valence electrons. The van der Waals surface area contributed by atoms with Crippen molar-refractivity contribution in [3.63, 3.8) is 0 Å². The number of ether oxygens (including phenoxy) is 1. The smallest absolute Gasteiger partial charge is 0.408 e. The fourth-order valence-electron chi connectivity index (χ4n) is 3.21. The van der Waals surface area contributed by atoms with Crippen molar-refractivity contribution in [2.75, 3.05) is 6.54 Å². The molecule has 2 atom stereocenters. The summed E-state index contributed by atoms with van der Waals surface area (Å²) in [6.45, 7) is 9.88. The number of carbonyl (C=O) groups excluding carboxylic acids is 3. The number of nitrogens with zero attached hydrogens (tertiary/aromatic N) is 3. The third-order valence-corrected chi connectivity index (χ3v) is 4.39. The Balaban J connectivity index is 2.23. The van der Waals surface area contributed by atoms with E-state index in [1.807, 2.05) is 4.57 Å². The van der Waals surface area contributed by atoms with Crippen LogP contribution in [0.1, 0.15) is 39.3 Å². The Morgan fingerprint density at radius 1 is 1.46 bits per heavy atom. The third-order valence-electron chi connectivity index (χ3n) is 4.39. The Labute approximate surface area is 164 Å². The largest absolute Gasteiger partial charge is 0.444 e. The Morgan fingerprint density at radius 3 is 2.79 bits per heavy atom. The number of aromatic nitrogens is 2. The van der Waals surface area contributed by atoms with E-state index in [0.717, 1.165) is 5.69 Å². The minimum atomic E-state index is -0.907. The average Bonchev–Trinajstić information content (AvgIpc) is 3.22. The summed E-state index contributed by atoms with van der Waals surface area (Å²) in [6.07, 6.45) is 5.70. The minimum Gasteiger partial charge on any atom is -0.444 e. The van der Waals surface area contributed by atoms with Gasteiger partial charge in [0.2, 0.25) is 11.8 Å². The Morgan fingerprint density at radius 2 is 2.18 bits per heavy atom. The summed E-state index contributed by atoms with van der Waals surface area (Å²) < 4.78 is 7.13. The molecule has 1 aliphatic heterocycles. The van der Waals surface area contributed by atoms with Crippen LogP contribution in [0.5, 0.6) is 0 Å². The summed E-state index contributed by atoms with van der Waals surface area (Å²) >= 11 is 0. The molecule has 9 nitrogen and oxygen atoms in total. The molecule has 0 radical (unpaired) electrons. The SMILES string of the molecule is C=CCn1cncc1C[C@H](NC(=O)OC(C)(C)C)C(=O)N1CCC[C@H]1C(N)=O. The normalized spacial score (nSPS) is 17.8. The number of hydrogen-bond acceptors (Lipinski definition) is 5. The van der Waals surface area contributed by atoms with E-state index in [9.17, 15) is 14.4 Å². The topological polar surface area (TPSA) is 120 Å². The van der Waals surface area contributed by atoms with Gasteiger partial charge in [-0.05, 0) is 33.6 Å². The molecule has 0 aromatic carbocycles. The molecule has 2 heterocycles. The maximum absolute atomic E-state index is 13.2. The van der Waals surface area contributed by atoms with Gasteiger partial charge in [0, 0.05) is 31.4 Å². The van der Waals surface area contributed by atoms with E-state index in [0.29, 0.717) is 25.9 Å². The number of primary amides is 1. The summed E-state index contributed by atoms with van der Waals surface area (Å²) in [5.74, 6) is -0.905. The molecule has 9 heteroatoms. The van der Waals surface area contributed by atoms with E-state index in [2.05, 4.69) is 16.9 Å². The standard InChI is InChI=1S/C19H29N5O4/c1-5-8-23-12-21-11-13(23)10-14(22-18(27)28-19(2,3)4)17(26)24-9-6-7-15(24)16(20)25/h5,11-12,14-15H,1,6-10H2,2-4H3,(H2,20,25)(H,22,27)/t14-,15-/m0/s1. The predicted octanol–water partition coefficient (Wildman–Crippen LogP) is 0.981. The molecule has 0 unspecified atom stereocenters. The van der Waals surface area contributed by atoms with Gasteiger partial charge < -0.3 is 25.3 Å². The maximum Gasteiger partial charge on any atom is 0.408 e. The van der Waals surface area contributed by atoms with Crippen LogP contribution >= 0.6 is 0 Å². The Kier molecular flexibility index (Phi) is 6.82. The van der Waals surface area contributed by atoms with Gasteiger partial charge >= 0.3 is 6.09 Å². The number of amides is 3. The molecule has 1 aliphatic rings. The zero-order valence-electron chi connectivity index (χ0n) is 16.7. The number of rotatable bonds is 7. The van der Waals surface area contributed by atoms with E-state index in [1.165, 1.54) is 4.90 Å². The lowest BCUT2D eigenvalue weighted by molar-refractivity contribution is -0.139. The van der Waals surface area contributed by atoms with Crippen LogP contribution in [0.2, 0.25) is 0 Å². The van der Waals surface area contributed by atoms with E-state index in [4.69, 9.17) is 10.5 Å². The minimum absolute atomic E-state index is 0.202. The summed E-state index contributed by atoms with van der Waals surface area (Å²) in [7, 11) is 0. The van der Waals surface area contributed by atoms with E-state index >= 15 is 0 Å². The average molecular weight is 391 g/mol. The van der Waals surface area contributed by atoms with Gasteiger partial charge in [0.15, 0.2) is 0 Å². The van der Waals surface area contributed by atoms with E-state index < -0.39 is 29.7 Å². The van der Waals surface area contributed by atoms with Crippen molar-refractivity contribution in [1.82, 2.24) is 19.8 Å². The Hall–Kier alpha value is -2.84. The van der Waals surface area contributed by atoms with Crippen LogP contribution in [0, 0.1) is 0 Å². The van der Waals surface area contributed by atoms with E-state index in [-0.39, 0.29) is 12.3 Å². The molecule has 0 aliphatic carbocycles. The fraction of sp³-hybridized carbons (Fsp3) is 0.579. The fourth-order valence-corrected chi connectivity index (χ4v) is 3.21. The molecule has 2 rings (SSSR count). The summed E-state index contributed by atoms with van der Waals surface area (Å²) in [6, 6.07) is -1.57. The number of alkyl carbamates (subject to hydrolysis) is 1. The van der Waals surface area contributed by atoms with Crippen LogP contribution < -0.4 is 11.1 Å². The van der Waals surface area contributed by atoms with Gasteiger partial charge in [-0.15, -0.1) is 6.58 Å². The van der Waals surface area contributed by atoms with Crippen LogP contribution in [0.3, 0.4) is 0 Å². The lowest BCUT2D eigenvalue weighted by atomic mass is 10.1. The molecule has 0 bridgehead atoms. The van der Waals surface area contributed by atoms with Crippen molar-refractivity contribution in [1.29, 1.82) is 0 Å². The maximum atomic E-state index is 13.2. The number of nitrogens with one attached hydrogen (secondary N) is 1. The van der Waals surface area contributed by atoms with Crippen molar-refractivity contribution >= 4 is 17.9 Å². The quantitative estimate of drug-likeness (QED) is 0.672. The second kappa shape index (κ2) is 8.90. The van der Waals surface area contributed by atoms with Crippen LogP contribution in [-0.2, 0) is 27.3 Å². The summed E-state index contributed by atoms with van der Waals surface area (Å²) in [4.78, 5) is 42.7. The van der Waals surface area contributed by atoms with Crippen LogP contribution in [-0.4, -0.2) is 56.6 Å². The number of allylic oxidation sites excluding steroid dienone is 1. The first-order valence-electron chi connectivity index (χ1n) is 9.31. The summed E-state index contributed by atoms with van der Waals surface area (Å²) in [5, 5.41) is 2.65. The molecular weight excluding hydrogens is 362 g/mol. The molecular formula is C19H29N5O4. The van der Waals surface area contributed by atoms with Crippen molar-refractivity contribution in [2.24, 2.45) is 5.73 Å². The molecule has 3 amide bonds. The first-order valence-corrected chi connectivity index (χ1v) is 9.31. The number of imidazole rings is 1. The van der Waals surface area contributed by atoms with Gasteiger partial charge in [0.05, 0.1) is 6.33 Å². The second-order valence-corrected chi connectivity index (χ2v) is 7.82. The zero-order valence-corrected chi connectivity index (χ0v) is 16.7. The van der Waals surface area contributed by atoms with Gasteiger partial charge in [-0.25, -0.2) is 9.78 Å². The van der Waals surface area contributed by atoms with Gasteiger partial charge in [-0.3, -0.25) is 9.59 Å². The van der Waals surface area contributed by atoms with Gasteiger partial charge in [0.25, 0.3) is 0 Å². The molecule has 1 saturated heterocycles. The highest BCUT2D eigenvalue weighted by Crippen LogP contribution is 2.19. The first kappa shape index (κ1) is 21.5.